The van der Waals surface area contributed by atoms with Gasteiger partial charge in [-0.15, -0.1) is 0 Å². The summed E-state index contributed by atoms with van der Waals surface area (Å²) in [7, 11) is 0. The van der Waals surface area contributed by atoms with Crippen molar-refractivity contribution in [2.45, 2.75) is 130 Å². The second-order valence-electron chi connectivity index (χ2n) is 8.49. The number of carbonyl (C=O) groups is 1. The fourth-order valence-corrected chi connectivity index (χ4v) is 3.44. The molecule has 0 saturated carbocycles. The number of unbranched alkanes of at least 4 members (excludes halogenated alkanes) is 8. The predicted octanol–water partition coefficient (Wildman–Crippen LogP) is 8.08. The van der Waals surface area contributed by atoms with Gasteiger partial charge in [0.2, 0.25) is 0 Å². The zero-order chi connectivity index (χ0) is 19.5. The molecule has 0 aliphatic rings. The summed E-state index contributed by atoms with van der Waals surface area (Å²) in [6, 6.07) is 0. The molecule has 2 heteroatoms. The van der Waals surface area contributed by atoms with Crippen LogP contribution >= 0.6 is 0 Å². The van der Waals surface area contributed by atoms with Gasteiger partial charge in [-0.1, -0.05) is 111 Å². The highest BCUT2D eigenvalue weighted by molar-refractivity contribution is 5.69. The molecule has 156 valence electrons. The van der Waals surface area contributed by atoms with E-state index < -0.39 is 0 Å². The maximum absolute atomic E-state index is 11.4. The average molecular weight is 369 g/mol. The summed E-state index contributed by atoms with van der Waals surface area (Å²) in [6.45, 7) is 9.72. The Balaban J connectivity index is 3.26. The van der Waals surface area contributed by atoms with Crippen molar-refractivity contribution in [3.63, 3.8) is 0 Å². The van der Waals surface area contributed by atoms with Crippen molar-refractivity contribution in [3.8, 4) is 0 Å². The van der Waals surface area contributed by atoms with Gasteiger partial charge in [-0.25, -0.2) is 0 Å². The molecule has 2 nitrogen and oxygen atoms in total. The molecular formula is C24H48O2. The van der Waals surface area contributed by atoms with Gasteiger partial charge in [0, 0.05) is 6.42 Å². The third kappa shape index (κ3) is 18.3. The molecule has 0 radical (unpaired) electrons. The van der Waals surface area contributed by atoms with Crippen molar-refractivity contribution >= 4 is 5.97 Å². The molecule has 0 amide bonds. The number of carbonyl (C=O) groups excluding carboxylic acids is 1. The highest BCUT2D eigenvalue weighted by Gasteiger charge is 2.04. The van der Waals surface area contributed by atoms with Crippen molar-refractivity contribution < 1.29 is 9.53 Å². The van der Waals surface area contributed by atoms with Crippen LogP contribution in [0.2, 0.25) is 0 Å². The first-order chi connectivity index (χ1) is 12.6. The molecule has 2 unspecified atom stereocenters. The van der Waals surface area contributed by atoms with E-state index in [2.05, 4.69) is 20.8 Å². The summed E-state index contributed by atoms with van der Waals surface area (Å²) in [4.78, 5) is 11.4. The van der Waals surface area contributed by atoms with Gasteiger partial charge in [0.1, 0.15) is 0 Å². The Hall–Kier alpha value is -0.530. The summed E-state index contributed by atoms with van der Waals surface area (Å²) in [6.07, 6.45) is 20.3. The molecule has 0 bridgehead atoms. The van der Waals surface area contributed by atoms with Gasteiger partial charge in [-0.2, -0.15) is 0 Å². The van der Waals surface area contributed by atoms with Crippen LogP contribution in [0.4, 0.5) is 0 Å². The van der Waals surface area contributed by atoms with E-state index in [1.165, 1.54) is 83.5 Å². The molecule has 0 aromatic carbocycles. The van der Waals surface area contributed by atoms with E-state index in [4.69, 9.17) is 4.74 Å². The smallest absolute Gasteiger partial charge is 0.305 e. The first-order valence-electron chi connectivity index (χ1n) is 11.8. The predicted molar refractivity (Wildman–Crippen MR) is 115 cm³/mol. The Bertz CT molecular complexity index is 301. The molecule has 26 heavy (non-hydrogen) atoms. The zero-order valence-electron chi connectivity index (χ0n) is 18.5. The van der Waals surface area contributed by atoms with Crippen LogP contribution in [0.15, 0.2) is 0 Å². The van der Waals surface area contributed by atoms with E-state index in [1.54, 1.807) is 0 Å². The molecule has 0 rings (SSSR count). The maximum atomic E-state index is 11.4. The molecule has 2 atom stereocenters. The van der Waals surface area contributed by atoms with Crippen LogP contribution in [0, 0.1) is 11.8 Å². The van der Waals surface area contributed by atoms with Crippen LogP contribution < -0.4 is 0 Å². The standard InChI is InChI=1S/C24H48O2/c1-5-21-26-24(25)20-16-10-8-7-9-14-18-23(4)19-15-12-11-13-17-22(3)6-2/h22-23H,5-21H2,1-4H3. The van der Waals surface area contributed by atoms with Gasteiger partial charge in [-0.05, 0) is 24.7 Å². The normalized spacial score (nSPS) is 13.5. The second-order valence-corrected chi connectivity index (χ2v) is 8.49. The lowest BCUT2D eigenvalue weighted by atomic mass is 9.95. The largest absolute Gasteiger partial charge is 0.466 e. The second kappa shape index (κ2) is 19.2. The lowest BCUT2D eigenvalue weighted by Gasteiger charge is -2.11. The van der Waals surface area contributed by atoms with Crippen LogP contribution in [0.1, 0.15) is 130 Å². The van der Waals surface area contributed by atoms with E-state index in [-0.39, 0.29) is 5.97 Å². The van der Waals surface area contributed by atoms with Gasteiger partial charge >= 0.3 is 5.97 Å². The fraction of sp³-hybridized carbons (Fsp3) is 0.958. The molecule has 0 aliphatic heterocycles. The van der Waals surface area contributed by atoms with Gasteiger partial charge < -0.3 is 4.74 Å². The van der Waals surface area contributed by atoms with Gasteiger partial charge in [0.25, 0.3) is 0 Å². The van der Waals surface area contributed by atoms with Crippen LogP contribution in [0.3, 0.4) is 0 Å². The van der Waals surface area contributed by atoms with E-state index in [1.807, 2.05) is 6.92 Å². The van der Waals surface area contributed by atoms with Crippen LogP contribution in [-0.4, -0.2) is 12.6 Å². The van der Waals surface area contributed by atoms with E-state index >= 15 is 0 Å². The highest BCUT2D eigenvalue weighted by Crippen LogP contribution is 2.19. The maximum Gasteiger partial charge on any atom is 0.305 e. The van der Waals surface area contributed by atoms with E-state index in [9.17, 15) is 4.79 Å². The molecular weight excluding hydrogens is 320 g/mol. The van der Waals surface area contributed by atoms with Crippen molar-refractivity contribution in [3.05, 3.63) is 0 Å². The summed E-state index contributed by atoms with van der Waals surface area (Å²) in [5.41, 5.74) is 0. The minimum Gasteiger partial charge on any atom is -0.466 e. The lowest BCUT2D eigenvalue weighted by Crippen LogP contribution is -2.04. The molecule has 0 aromatic rings. The lowest BCUT2D eigenvalue weighted by molar-refractivity contribution is -0.143. The van der Waals surface area contributed by atoms with Crippen molar-refractivity contribution in [1.82, 2.24) is 0 Å². The zero-order valence-corrected chi connectivity index (χ0v) is 18.5. The number of ether oxygens (including phenoxy) is 1. The molecule has 0 N–H and O–H groups in total. The van der Waals surface area contributed by atoms with Crippen LogP contribution in [-0.2, 0) is 9.53 Å². The molecule has 0 fully saturated rings. The number of esters is 1. The topological polar surface area (TPSA) is 26.3 Å². The SMILES string of the molecule is CCCOC(=O)CCCCCCCCC(C)CCCCCCC(C)CC. The van der Waals surface area contributed by atoms with Crippen LogP contribution in [0.25, 0.3) is 0 Å². The first kappa shape index (κ1) is 25.5. The summed E-state index contributed by atoms with van der Waals surface area (Å²) in [5, 5.41) is 0. The Morgan fingerprint density at radius 3 is 1.65 bits per heavy atom. The number of rotatable bonds is 19. The fourth-order valence-electron chi connectivity index (χ4n) is 3.44. The number of hydrogen-bond acceptors (Lipinski definition) is 2. The molecule has 0 spiro atoms. The van der Waals surface area contributed by atoms with E-state index in [0.717, 1.165) is 24.7 Å². The number of hydrogen-bond donors (Lipinski definition) is 0. The molecule has 0 aliphatic carbocycles. The highest BCUT2D eigenvalue weighted by atomic mass is 16.5. The Morgan fingerprint density at radius 1 is 0.692 bits per heavy atom. The van der Waals surface area contributed by atoms with Crippen molar-refractivity contribution in [1.29, 1.82) is 0 Å². The van der Waals surface area contributed by atoms with E-state index in [0.29, 0.717) is 13.0 Å². The quantitative estimate of drug-likeness (QED) is 0.170. The summed E-state index contributed by atoms with van der Waals surface area (Å²) < 4.78 is 5.09. The average Bonchev–Trinajstić information content (AvgIpc) is 2.64. The monoisotopic (exact) mass is 368 g/mol. The van der Waals surface area contributed by atoms with Gasteiger partial charge in [0.05, 0.1) is 6.61 Å². The Labute approximate surface area is 164 Å². The van der Waals surface area contributed by atoms with Crippen molar-refractivity contribution in [2.75, 3.05) is 6.61 Å². The van der Waals surface area contributed by atoms with Crippen molar-refractivity contribution in [2.24, 2.45) is 11.8 Å². The molecule has 0 saturated heterocycles. The minimum absolute atomic E-state index is 0.0134. The summed E-state index contributed by atoms with van der Waals surface area (Å²) >= 11 is 0. The minimum atomic E-state index is -0.0134. The van der Waals surface area contributed by atoms with Crippen LogP contribution in [0.5, 0.6) is 0 Å². The first-order valence-corrected chi connectivity index (χ1v) is 11.8. The van der Waals surface area contributed by atoms with Gasteiger partial charge in [0.15, 0.2) is 0 Å². The van der Waals surface area contributed by atoms with Gasteiger partial charge in [-0.3, -0.25) is 4.79 Å². The molecule has 0 aromatic heterocycles. The third-order valence-electron chi connectivity index (χ3n) is 5.64. The third-order valence-corrected chi connectivity index (χ3v) is 5.64. The molecule has 0 heterocycles. The Morgan fingerprint density at radius 2 is 1.15 bits per heavy atom. The Kier molecular flexibility index (Phi) is 18.8. The summed E-state index contributed by atoms with van der Waals surface area (Å²) in [5.74, 6) is 1.81.